The molecule has 1 aliphatic carbocycles. The number of rotatable bonds is 5. The minimum absolute atomic E-state index is 0.171. The summed E-state index contributed by atoms with van der Waals surface area (Å²) < 4.78 is 16.7. The molecule has 7 nitrogen and oxygen atoms in total. The molecule has 1 unspecified atom stereocenters. The summed E-state index contributed by atoms with van der Waals surface area (Å²) in [5, 5.41) is 40.8. The number of aryl methyl sites for hydroxylation is 1. The van der Waals surface area contributed by atoms with Crippen molar-refractivity contribution < 1.29 is 34.6 Å². The topological polar surface area (TPSA) is 109 Å². The molecule has 7 heteroatoms. The van der Waals surface area contributed by atoms with Crippen LogP contribution in [-0.4, -0.2) is 65.7 Å². The lowest BCUT2D eigenvalue weighted by Gasteiger charge is -2.47. The maximum atomic E-state index is 10.8. The van der Waals surface area contributed by atoms with E-state index in [1.54, 1.807) is 13.2 Å². The molecule has 162 valence electrons. The predicted molar refractivity (Wildman–Crippen MR) is 108 cm³/mol. The monoisotopic (exact) mass is 416 g/mol. The fourth-order valence-corrected chi connectivity index (χ4v) is 4.67. The second-order valence-electron chi connectivity index (χ2n) is 7.91. The lowest BCUT2D eigenvalue weighted by atomic mass is 9.85. The molecule has 2 aliphatic rings. The van der Waals surface area contributed by atoms with Crippen LogP contribution in [0.3, 0.4) is 0 Å². The lowest BCUT2D eigenvalue weighted by Crippen LogP contribution is -2.64. The third-order valence-corrected chi connectivity index (χ3v) is 6.40. The van der Waals surface area contributed by atoms with E-state index in [-0.39, 0.29) is 5.92 Å². The number of hydrogen-bond donors (Lipinski definition) is 4. The van der Waals surface area contributed by atoms with Crippen molar-refractivity contribution in [1.29, 1.82) is 0 Å². The number of ether oxygens (including phenoxy) is 3. The Hall–Kier alpha value is -2.00. The minimum Gasteiger partial charge on any atom is -0.497 e. The molecule has 0 amide bonds. The number of aliphatic hydroxyl groups excluding tert-OH is 4. The van der Waals surface area contributed by atoms with Crippen molar-refractivity contribution in [2.24, 2.45) is 0 Å². The van der Waals surface area contributed by atoms with Crippen LogP contribution in [0.15, 0.2) is 42.5 Å². The number of methoxy groups -OCH3 is 2. The van der Waals surface area contributed by atoms with Crippen molar-refractivity contribution >= 4 is 0 Å². The lowest BCUT2D eigenvalue weighted by molar-refractivity contribution is -0.366. The highest BCUT2D eigenvalue weighted by molar-refractivity contribution is 5.46. The maximum Gasteiger partial charge on any atom is 0.224 e. The van der Waals surface area contributed by atoms with Gasteiger partial charge in [0.25, 0.3) is 0 Å². The van der Waals surface area contributed by atoms with Crippen LogP contribution in [0, 0.1) is 0 Å². The molecule has 1 saturated heterocycles. The molecule has 0 saturated carbocycles. The summed E-state index contributed by atoms with van der Waals surface area (Å²) in [4.78, 5) is 0. The van der Waals surface area contributed by atoms with E-state index in [1.165, 1.54) is 12.7 Å². The first-order valence-corrected chi connectivity index (χ1v) is 10.1. The summed E-state index contributed by atoms with van der Waals surface area (Å²) >= 11 is 0. The van der Waals surface area contributed by atoms with Gasteiger partial charge >= 0.3 is 0 Å². The first kappa shape index (κ1) is 21.2. The Morgan fingerprint density at radius 2 is 1.77 bits per heavy atom. The Kier molecular flexibility index (Phi) is 5.85. The van der Waals surface area contributed by atoms with E-state index in [4.69, 9.17) is 14.2 Å². The van der Waals surface area contributed by atoms with Crippen molar-refractivity contribution in [2.45, 2.75) is 49.0 Å². The van der Waals surface area contributed by atoms with Gasteiger partial charge in [0.05, 0.1) is 13.7 Å². The fraction of sp³-hybridized carbons (Fsp3) is 0.478. The van der Waals surface area contributed by atoms with Gasteiger partial charge in [-0.25, -0.2) is 0 Å². The summed E-state index contributed by atoms with van der Waals surface area (Å²) in [6.45, 7) is -0.518. The standard InChI is InChI=1S/C23H28O7/c1-28-16-8-4-13(5-9-16)17-10-6-14-3-7-15(11-18(14)17)23(29-2)22(27)21(26)20(25)19(12-24)30-23/h3-5,7-9,11,17,19-22,24-27H,6,10,12H2,1-2H3/t17?,19-,20-,21+,22-,23+/m1/s1. The number of aliphatic hydroxyl groups is 4. The maximum absolute atomic E-state index is 10.8. The van der Waals surface area contributed by atoms with E-state index < -0.39 is 36.8 Å². The van der Waals surface area contributed by atoms with E-state index in [0.717, 1.165) is 29.7 Å². The summed E-state index contributed by atoms with van der Waals surface area (Å²) in [5.41, 5.74) is 3.99. The van der Waals surface area contributed by atoms with Crippen LogP contribution in [0.2, 0.25) is 0 Å². The second-order valence-corrected chi connectivity index (χ2v) is 7.91. The van der Waals surface area contributed by atoms with Gasteiger partial charge in [-0.05, 0) is 47.7 Å². The second kappa shape index (κ2) is 8.26. The van der Waals surface area contributed by atoms with Gasteiger partial charge in [0, 0.05) is 18.6 Å². The summed E-state index contributed by atoms with van der Waals surface area (Å²) in [6, 6.07) is 13.7. The van der Waals surface area contributed by atoms with Crippen LogP contribution in [-0.2, 0) is 21.7 Å². The molecule has 1 heterocycles. The molecule has 2 aromatic carbocycles. The van der Waals surface area contributed by atoms with Crippen molar-refractivity contribution in [2.75, 3.05) is 20.8 Å². The Labute approximate surface area is 175 Å². The van der Waals surface area contributed by atoms with Gasteiger partial charge < -0.3 is 34.6 Å². The first-order valence-electron chi connectivity index (χ1n) is 10.1. The van der Waals surface area contributed by atoms with Crippen molar-refractivity contribution in [3.05, 3.63) is 64.7 Å². The normalized spacial score (nSPS) is 33.3. The molecular weight excluding hydrogens is 388 g/mol. The van der Waals surface area contributed by atoms with Crippen LogP contribution >= 0.6 is 0 Å². The van der Waals surface area contributed by atoms with Crippen LogP contribution < -0.4 is 4.74 Å². The Morgan fingerprint density at radius 3 is 2.40 bits per heavy atom. The van der Waals surface area contributed by atoms with E-state index in [1.807, 2.05) is 36.4 Å². The highest BCUT2D eigenvalue weighted by Crippen LogP contribution is 2.44. The molecule has 0 spiro atoms. The van der Waals surface area contributed by atoms with Crippen LogP contribution in [0.5, 0.6) is 5.75 Å². The predicted octanol–water partition coefficient (Wildman–Crippen LogP) is 1.05. The molecule has 4 rings (SSSR count). The summed E-state index contributed by atoms with van der Waals surface area (Å²) in [7, 11) is 3.01. The minimum atomic E-state index is -1.70. The fourth-order valence-electron chi connectivity index (χ4n) is 4.67. The molecule has 2 aromatic rings. The van der Waals surface area contributed by atoms with Gasteiger partial charge in [-0.1, -0.05) is 24.3 Å². The van der Waals surface area contributed by atoms with Crippen LogP contribution in [0.1, 0.15) is 34.6 Å². The highest BCUT2D eigenvalue weighted by Gasteiger charge is 2.55. The molecular formula is C23H28O7. The average Bonchev–Trinajstić information content (AvgIpc) is 3.21. The van der Waals surface area contributed by atoms with Crippen LogP contribution in [0.25, 0.3) is 0 Å². The molecule has 1 aliphatic heterocycles. The third-order valence-electron chi connectivity index (χ3n) is 6.40. The highest BCUT2D eigenvalue weighted by atomic mass is 16.7. The molecule has 0 aromatic heterocycles. The zero-order valence-electron chi connectivity index (χ0n) is 17.1. The quantitative estimate of drug-likeness (QED) is 0.577. The van der Waals surface area contributed by atoms with E-state index in [2.05, 4.69) is 0 Å². The van der Waals surface area contributed by atoms with E-state index >= 15 is 0 Å². The van der Waals surface area contributed by atoms with Gasteiger partial charge in [-0.15, -0.1) is 0 Å². The smallest absolute Gasteiger partial charge is 0.224 e. The van der Waals surface area contributed by atoms with Gasteiger partial charge in [0.1, 0.15) is 30.2 Å². The zero-order chi connectivity index (χ0) is 21.5. The Bertz CT molecular complexity index is 882. The molecule has 0 bridgehead atoms. The van der Waals surface area contributed by atoms with Crippen molar-refractivity contribution in [3.63, 3.8) is 0 Å². The Morgan fingerprint density at radius 1 is 1.03 bits per heavy atom. The Balaban J connectivity index is 1.73. The van der Waals surface area contributed by atoms with E-state index in [0.29, 0.717) is 5.56 Å². The van der Waals surface area contributed by atoms with Gasteiger partial charge in [-0.2, -0.15) is 0 Å². The molecule has 6 atom stereocenters. The molecule has 4 N–H and O–H groups in total. The largest absolute Gasteiger partial charge is 0.497 e. The van der Waals surface area contributed by atoms with Crippen molar-refractivity contribution in [1.82, 2.24) is 0 Å². The average molecular weight is 416 g/mol. The summed E-state index contributed by atoms with van der Waals surface area (Å²) in [6.07, 6.45) is -3.68. The number of hydrogen-bond acceptors (Lipinski definition) is 7. The van der Waals surface area contributed by atoms with Crippen LogP contribution in [0.4, 0.5) is 0 Å². The number of benzene rings is 2. The van der Waals surface area contributed by atoms with Gasteiger partial charge in [0.15, 0.2) is 0 Å². The third kappa shape index (κ3) is 3.32. The molecule has 0 radical (unpaired) electrons. The SMILES string of the molecule is COc1ccc(C2CCc3ccc([C@]4(OC)O[C@H](CO)[C@@H](O)[C@H](O)[C@H]4O)cc32)cc1. The number of fused-ring (bicyclic) bond motifs is 1. The van der Waals surface area contributed by atoms with Gasteiger partial charge in [-0.3, -0.25) is 0 Å². The van der Waals surface area contributed by atoms with Gasteiger partial charge in [0.2, 0.25) is 5.79 Å². The zero-order valence-corrected chi connectivity index (χ0v) is 17.1. The summed E-state index contributed by atoms with van der Waals surface area (Å²) in [5.74, 6) is -0.733. The molecule has 30 heavy (non-hydrogen) atoms. The van der Waals surface area contributed by atoms with Crippen molar-refractivity contribution in [3.8, 4) is 5.75 Å². The molecule has 1 fully saturated rings. The first-order chi connectivity index (χ1) is 14.4. The van der Waals surface area contributed by atoms with E-state index in [9.17, 15) is 20.4 Å².